The average molecular weight is 261 g/mol. The molecule has 1 aliphatic rings. The molecule has 1 saturated heterocycles. The fourth-order valence-corrected chi connectivity index (χ4v) is 2.51. The van der Waals surface area contributed by atoms with E-state index in [4.69, 9.17) is 9.59 Å². The van der Waals surface area contributed by atoms with Gasteiger partial charge in [0.1, 0.15) is 5.78 Å². The Labute approximate surface area is 113 Å². The average Bonchev–Trinajstić information content (AvgIpc) is 2.43. The molecule has 4 nitrogen and oxygen atoms in total. The van der Waals surface area contributed by atoms with Crippen molar-refractivity contribution < 1.29 is 14.4 Å². The zero-order chi connectivity index (χ0) is 14.3. The van der Waals surface area contributed by atoms with Crippen LogP contribution < -0.4 is 0 Å². The molecule has 0 radical (unpaired) electrons. The standard InChI is InChI=1S/C14H19NO.CO2/c1-3-11-9-15(2)10-13(14(11)16)12-7-5-4-6-8-12;2-1-3/h4-8,11,13H,3,9-10H2,1-2H3;. The second-order valence-corrected chi connectivity index (χ2v) is 4.78. The van der Waals surface area contributed by atoms with Gasteiger partial charge in [-0.05, 0) is 19.0 Å². The van der Waals surface area contributed by atoms with Crippen LogP contribution in [-0.4, -0.2) is 37.0 Å². The van der Waals surface area contributed by atoms with Crippen LogP contribution in [0.1, 0.15) is 24.8 Å². The molecule has 0 bridgehead atoms. The number of hydrogen-bond acceptors (Lipinski definition) is 4. The maximum absolute atomic E-state index is 12.3. The topological polar surface area (TPSA) is 54.5 Å². The zero-order valence-corrected chi connectivity index (χ0v) is 11.3. The van der Waals surface area contributed by atoms with Crippen molar-refractivity contribution in [3.05, 3.63) is 35.9 Å². The van der Waals surface area contributed by atoms with Crippen LogP contribution in [0.25, 0.3) is 0 Å². The molecular formula is C15H19NO3. The molecule has 102 valence electrons. The molecule has 2 unspecified atom stereocenters. The van der Waals surface area contributed by atoms with Crippen LogP contribution in [0, 0.1) is 5.92 Å². The van der Waals surface area contributed by atoms with Crippen molar-refractivity contribution in [3.63, 3.8) is 0 Å². The molecule has 0 N–H and O–H groups in total. The molecule has 2 atom stereocenters. The molecule has 19 heavy (non-hydrogen) atoms. The monoisotopic (exact) mass is 261 g/mol. The van der Waals surface area contributed by atoms with Gasteiger partial charge in [-0.1, -0.05) is 37.3 Å². The van der Waals surface area contributed by atoms with Crippen LogP contribution in [0.2, 0.25) is 0 Å². The van der Waals surface area contributed by atoms with Gasteiger partial charge < -0.3 is 4.90 Å². The Kier molecular flexibility index (Phi) is 6.13. The van der Waals surface area contributed by atoms with Gasteiger partial charge >= 0.3 is 6.15 Å². The summed E-state index contributed by atoms with van der Waals surface area (Å²) < 4.78 is 0. The Balaban J connectivity index is 0.000000550. The maximum atomic E-state index is 12.3. The first-order valence-electron chi connectivity index (χ1n) is 6.40. The first-order valence-corrected chi connectivity index (χ1v) is 6.40. The van der Waals surface area contributed by atoms with Gasteiger partial charge in [-0.25, -0.2) is 0 Å². The van der Waals surface area contributed by atoms with Crippen LogP contribution in [0.15, 0.2) is 30.3 Å². The van der Waals surface area contributed by atoms with Gasteiger partial charge in [0.15, 0.2) is 0 Å². The zero-order valence-electron chi connectivity index (χ0n) is 11.3. The summed E-state index contributed by atoms with van der Waals surface area (Å²) in [6, 6.07) is 10.1. The van der Waals surface area contributed by atoms with E-state index in [1.165, 1.54) is 0 Å². The lowest BCUT2D eigenvalue weighted by molar-refractivity contribution is -0.191. The summed E-state index contributed by atoms with van der Waals surface area (Å²) in [7, 11) is 2.10. The quantitative estimate of drug-likeness (QED) is 0.813. The fraction of sp³-hybridized carbons (Fsp3) is 0.467. The third-order valence-electron chi connectivity index (χ3n) is 3.47. The van der Waals surface area contributed by atoms with E-state index in [0.717, 1.165) is 25.1 Å². The van der Waals surface area contributed by atoms with Crippen molar-refractivity contribution in [1.82, 2.24) is 4.90 Å². The van der Waals surface area contributed by atoms with E-state index in [2.05, 4.69) is 31.0 Å². The van der Waals surface area contributed by atoms with Crippen molar-refractivity contribution in [1.29, 1.82) is 0 Å². The molecule has 0 amide bonds. The summed E-state index contributed by atoms with van der Waals surface area (Å²) in [5, 5.41) is 0. The Morgan fingerprint density at radius 1 is 1.21 bits per heavy atom. The van der Waals surface area contributed by atoms with Crippen LogP contribution in [0.4, 0.5) is 0 Å². The van der Waals surface area contributed by atoms with Crippen LogP contribution in [0.3, 0.4) is 0 Å². The summed E-state index contributed by atoms with van der Waals surface area (Å²) >= 11 is 0. The fourth-order valence-electron chi connectivity index (χ4n) is 2.51. The molecule has 1 aliphatic heterocycles. The number of nitrogens with zero attached hydrogens (tertiary/aromatic N) is 1. The van der Waals surface area contributed by atoms with E-state index in [0.29, 0.717) is 5.78 Å². The van der Waals surface area contributed by atoms with Crippen molar-refractivity contribution in [2.75, 3.05) is 20.1 Å². The number of ketones is 1. The molecule has 0 spiro atoms. The molecule has 0 saturated carbocycles. The highest BCUT2D eigenvalue weighted by Gasteiger charge is 2.33. The highest BCUT2D eigenvalue weighted by molar-refractivity contribution is 5.89. The largest absolute Gasteiger partial charge is 0.373 e. The van der Waals surface area contributed by atoms with Crippen molar-refractivity contribution >= 4 is 11.9 Å². The third kappa shape index (κ3) is 4.12. The Morgan fingerprint density at radius 3 is 2.32 bits per heavy atom. The minimum Gasteiger partial charge on any atom is -0.305 e. The van der Waals surface area contributed by atoms with Gasteiger partial charge in [0.05, 0.1) is 5.92 Å². The lowest BCUT2D eigenvalue weighted by atomic mass is 9.82. The number of carbonyl (C=O) groups excluding carboxylic acids is 3. The molecule has 2 rings (SSSR count). The molecule has 1 heterocycles. The van der Waals surface area contributed by atoms with Crippen molar-refractivity contribution in [2.45, 2.75) is 19.3 Å². The minimum absolute atomic E-state index is 0.0740. The third-order valence-corrected chi connectivity index (χ3v) is 3.47. The second kappa shape index (κ2) is 7.62. The minimum atomic E-state index is 0.0740. The molecule has 1 aromatic carbocycles. The number of Topliss-reactive ketones (excluding diaryl/α,β-unsaturated/α-hetero) is 1. The van der Waals surface area contributed by atoms with E-state index in [-0.39, 0.29) is 18.0 Å². The van der Waals surface area contributed by atoms with E-state index in [1.54, 1.807) is 0 Å². The van der Waals surface area contributed by atoms with Gasteiger partial charge in [-0.2, -0.15) is 9.59 Å². The Bertz CT molecular complexity index is 438. The first kappa shape index (κ1) is 15.3. The summed E-state index contributed by atoms with van der Waals surface area (Å²) in [5.74, 6) is 0.709. The van der Waals surface area contributed by atoms with Crippen molar-refractivity contribution in [2.24, 2.45) is 5.92 Å². The summed E-state index contributed by atoms with van der Waals surface area (Å²) in [5.41, 5.74) is 1.16. The molecule has 4 heteroatoms. The van der Waals surface area contributed by atoms with Gasteiger partial charge in [0.2, 0.25) is 0 Å². The lowest BCUT2D eigenvalue weighted by Gasteiger charge is -2.34. The van der Waals surface area contributed by atoms with Gasteiger partial charge in [0, 0.05) is 19.0 Å². The predicted octanol–water partition coefficient (Wildman–Crippen LogP) is 1.73. The predicted molar refractivity (Wildman–Crippen MR) is 70.5 cm³/mol. The Hall–Kier alpha value is -1.77. The smallest absolute Gasteiger partial charge is 0.305 e. The van der Waals surface area contributed by atoms with Gasteiger partial charge in [0.25, 0.3) is 0 Å². The molecule has 1 fully saturated rings. The van der Waals surface area contributed by atoms with E-state index >= 15 is 0 Å². The second-order valence-electron chi connectivity index (χ2n) is 4.78. The maximum Gasteiger partial charge on any atom is 0.373 e. The number of piperidine rings is 1. The molecule has 0 aromatic heterocycles. The summed E-state index contributed by atoms with van der Waals surface area (Å²) in [4.78, 5) is 30.8. The van der Waals surface area contributed by atoms with Crippen LogP contribution in [-0.2, 0) is 14.4 Å². The summed E-state index contributed by atoms with van der Waals surface area (Å²) in [6.07, 6.45) is 1.20. The van der Waals surface area contributed by atoms with Gasteiger partial charge in [-0.3, -0.25) is 4.79 Å². The van der Waals surface area contributed by atoms with E-state index in [1.807, 2.05) is 18.2 Å². The lowest BCUT2D eigenvalue weighted by Crippen LogP contribution is -2.43. The number of rotatable bonds is 2. The summed E-state index contributed by atoms with van der Waals surface area (Å²) in [6.45, 7) is 3.88. The molecular weight excluding hydrogens is 242 g/mol. The molecule has 1 aromatic rings. The van der Waals surface area contributed by atoms with Crippen LogP contribution >= 0.6 is 0 Å². The highest BCUT2D eigenvalue weighted by Crippen LogP contribution is 2.27. The Morgan fingerprint density at radius 2 is 1.79 bits per heavy atom. The molecule has 0 aliphatic carbocycles. The van der Waals surface area contributed by atoms with E-state index < -0.39 is 0 Å². The van der Waals surface area contributed by atoms with Gasteiger partial charge in [-0.15, -0.1) is 0 Å². The van der Waals surface area contributed by atoms with Crippen molar-refractivity contribution in [3.8, 4) is 0 Å². The number of likely N-dealkylation sites (tertiary alicyclic amines) is 1. The number of likely N-dealkylation sites (N-methyl/N-ethyl adjacent to an activating group) is 1. The van der Waals surface area contributed by atoms with E-state index in [9.17, 15) is 4.79 Å². The number of benzene rings is 1. The van der Waals surface area contributed by atoms with Crippen LogP contribution in [0.5, 0.6) is 0 Å². The number of carbonyl (C=O) groups is 1. The highest BCUT2D eigenvalue weighted by atomic mass is 16.2. The number of hydrogen-bond donors (Lipinski definition) is 0. The first-order chi connectivity index (χ1) is 9.13. The normalized spacial score (nSPS) is 23.2. The SMILES string of the molecule is CCC1CN(C)CC(c2ccccc2)C1=O.O=C=O.